The van der Waals surface area contributed by atoms with Crippen LogP contribution in [0.4, 0.5) is 5.69 Å². The summed E-state index contributed by atoms with van der Waals surface area (Å²) in [5.74, 6) is -0.364. The van der Waals surface area contributed by atoms with E-state index in [1.54, 1.807) is 67.6 Å². The summed E-state index contributed by atoms with van der Waals surface area (Å²) in [4.78, 5) is 28.6. The molecular weight excluding hydrogens is 562 g/mol. The number of hydrogen-bond acceptors (Lipinski definition) is 5. The first-order chi connectivity index (χ1) is 19.2. The quantitative estimate of drug-likeness (QED) is 0.311. The predicted octanol–water partition coefficient (Wildman–Crippen LogP) is 5.57. The van der Waals surface area contributed by atoms with Gasteiger partial charge in [-0.1, -0.05) is 41.4 Å². The van der Waals surface area contributed by atoms with Crippen molar-refractivity contribution in [1.29, 1.82) is 0 Å². The number of sulfonamides is 1. The summed E-state index contributed by atoms with van der Waals surface area (Å²) in [6, 6.07) is 19.0. The van der Waals surface area contributed by atoms with Crippen molar-refractivity contribution in [3.8, 4) is 5.75 Å². The fraction of sp³-hybridized carbons (Fsp3) is 0.355. The van der Waals surface area contributed by atoms with E-state index in [-0.39, 0.29) is 17.3 Å². The van der Waals surface area contributed by atoms with E-state index in [9.17, 15) is 18.0 Å². The molecule has 3 aromatic rings. The number of amides is 2. The monoisotopic (exact) mass is 599 g/mol. The molecule has 0 saturated heterocycles. The first-order valence-electron chi connectivity index (χ1n) is 13.4. The van der Waals surface area contributed by atoms with Crippen LogP contribution in [0.25, 0.3) is 0 Å². The van der Waals surface area contributed by atoms with Crippen LogP contribution in [0.15, 0.2) is 77.7 Å². The Balaban J connectivity index is 2.03. The highest BCUT2D eigenvalue weighted by Gasteiger charge is 2.33. The van der Waals surface area contributed by atoms with Crippen molar-refractivity contribution >= 4 is 39.1 Å². The lowest BCUT2D eigenvalue weighted by molar-refractivity contribution is -0.140. The molecule has 0 aromatic heterocycles. The minimum Gasteiger partial charge on any atom is -0.494 e. The molecule has 8 nitrogen and oxygen atoms in total. The second kappa shape index (κ2) is 13.4. The molecule has 0 bridgehead atoms. The van der Waals surface area contributed by atoms with Gasteiger partial charge < -0.3 is 15.0 Å². The average Bonchev–Trinajstić information content (AvgIpc) is 2.90. The molecular formula is C31H38ClN3O5S. The number of anilines is 1. The fourth-order valence-electron chi connectivity index (χ4n) is 4.13. The Morgan fingerprint density at radius 1 is 1.00 bits per heavy atom. The number of rotatable bonds is 11. The van der Waals surface area contributed by atoms with Crippen LogP contribution in [0, 0.1) is 6.92 Å². The molecule has 41 heavy (non-hydrogen) atoms. The summed E-state index contributed by atoms with van der Waals surface area (Å²) >= 11 is 6.19. The van der Waals surface area contributed by atoms with Gasteiger partial charge in [0.2, 0.25) is 11.8 Å². The van der Waals surface area contributed by atoms with Gasteiger partial charge in [0.25, 0.3) is 10.0 Å². The van der Waals surface area contributed by atoms with Crippen molar-refractivity contribution in [2.24, 2.45) is 0 Å². The third kappa shape index (κ3) is 8.71. The lowest BCUT2D eigenvalue weighted by Gasteiger charge is -2.33. The van der Waals surface area contributed by atoms with Gasteiger partial charge >= 0.3 is 0 Å². The maximum Gasteiger partial charge on any atom is 0.264 e. The van der Waals surface area contributed by atoms with Gasteiger partial charge in [-0.25, -0.2) is 8.42 Å². The van der Waals surface area contributed by atoms with Gasteiger partial charge in [-0.2, -0.15) is 0 Å². The Bertz CT molecular complexity index is 1450. The molecule has 10 heteroatoms. The van der Waals surface area contributed by atoms with E-state index in [0.717, 1.165) is 9.87 Å². The van der Waals surface area contributed by atoms with Crippen molar-refractivity contribution in [3.05, 3.63) is 88.9 Å². The molecule has 0 fully saturated rings. The smallest absolute Gasteiger partial charge is 0.264 e. The minimum atomic E-state index is -4.17. The number of carbonyl (C=O) groups excluding carboxylic acids is 2. The van der Waals surface area contributed by atoms with Gasteiger partial charge in [-0.3, -0.25) is 13.9 Å². The highest BCUT2D eigenvalue weighted by Crippen LogP contribution is 2.26. The van der Waals surface area contributed by atoms with E-state index >= 15 is 0 Å². The van der Waals surface area contributed by atoms with Gasteiger partial charge in [-0.05, 0) is 95.6 Å². The lowest BCUT2D eigenvalue weighted by atomic mass is 10.1. The molecule has 0 radical (unpaired) electrons. The largest absolute Gasteiger partial charge is 0.494 e. The van der Waals surface area contributed by atoms with Crippen LogP contribution in [0.3, 0.4) is 0 Å². The highest BCUT2D eigenvalue weighted by atomic mass is 35.5. The molecule has 0 heterocycles. The summed E-state index contributed by atoms with van der Waals surface area (Å²) in [6.07, 6.45) is 0. The van der Waals surface area contributed by atoms with Crippen molar-refractivity contribution in [1.82, 2.24) is 10.2 Å². The first-order valence-corrected chi connectivity index (χ1v) is 15.2. The summed E-state index contributed by atoms with van der Waals surface area (Å²) in [5.41, 5.74) is 1.44. The number of hydrogen-bond donors (Lipinski definition) is 1. The van der Waals surface area contributed by atoms with E-state index < -0.39 is 34.1 Å². The molecule has 0 saturated carbocycles. The van der Waals surface area contributed by atoms with Crippen LogP contribution >= 0.6 is 11.6 Å². The number of halogens is 1. The third-order valence-corrected chi connectivity index (χ3v) is 8.25. The van der Waals surface area contributed by atoms with E-state index in [1.165, 1.54) is 17.0 Å². The number of nitrogens with zero attached hydrogens (tertiary/aromatic N) is 2. The van der Waals surface area contributed by atoms with Gasteiger partial charge in [0, 0.05) is 17.1 Å². The summed E-state index contributed by atoms with van der Waals surface area (Å²) in [5, 5.41) is 3.40. The Labute approximate surface area is 248 Å². The maximum absolute atomic E-state index is 14.0. The van der Waals surface area contributed by atoms with Crippen molar-refractivity contribution in [2.45, 2.75) is 64.6 Å². The van der Waals surface area contributed by atoms with Crippen LogP contribution in [-0.2, 0) is 26.2 Å². The molecule has 3 aromatic carbocycles. The predicted molar refractivity (Wildman–Crippen MR) is 163 cm³/mol. The normalized spacial score (nSPS) is 12.4. The molecule has 0 aliphatic carbocycles. The maximum atomic E-state index is 14.0. The lowest BCUT2D eigenvalue weighted by Crippen LogP contribution is -2.54. The molecule has 1 N–H and O–H groups in total. The molecule has 3 rings (SSSR count). The molecule has 0 aliphatic heterocycles. The molecule has 1 atom stereocenters. The Hall–Kier alpha value is -3.56. The summed E-state index contributed by atoms with van der Waals surface area (Å²) in [6.45, 7) is 10.9. The van der Waals surface area contributed by atoms with Gasteiger partial charge in [0.15, 0.2) is 0 Å². The standard InChI is InChI=1S/C31H38ClN3O5S/c1-7-40-27-15-17-28(18-16-27)41(38,39)35(26-13-11-22(2)12-14-26)21-29(36)34(20-24-9-8-10-25(32)19-24)23(3)30(37)33-31(4,5)6/h8-19,23H,7,20-21H2,1-6H3,(H,33,37)/t23-/m1/s1. The fourth-order valence-corrected chi connectivity index (χ4v) is 5.76. The van der Waals surface area contributed by atoms with E-state index in [2.05, 4.69) is 5.32 Å². The van der Waals surface area contributed by atoms with Crippen LogP contribution in [0.1, 0.15) is 45.7 Å². The van der Waals surface area contributed by atoms with Crippen LogP contribution in [-0.4, -0.2) is 49.9 Å². The van der Waals surface area contributed by atoms with Gasteiger partial charge in [0.05, 0.1) is 17.2 Å². The molecule has 0 aliphatic rings. The molecule has 0 unspecified atom stereocenters. The van der Waals surface area contributed by atoms with Gasteiger partial charge in [0.1, 0.15) is 18.3 Å². The van der Waals surface area contributed by atoms with Crippen molar-refractivity contribution in [3.63, 3.8) is 0 Å². The van der Waals surface area contributed by atoms with Crippen LogP contribution < -0.4 is 14.4 Å². The number of benzene rings is 3. The highest BCUT2D eigenvalue weighted by molar-refractivity contribution is 7.92. The topological polar surface area (TPSA) is 96.0 Å². The SMILES string of the molecule is CCOc1ccc(S(=O)(=O)N(CC(=O)N(Cc2cccc(Cl)c2)[C@H](C)C(=O)NC(C)(C)C)c2ccc(C)cc2)cc1. The van der Waals surface area contributed by atoms with Crippen molar-refractivity contribution < 1.29 is 22.7 Å². The third-order valence-electron chi connectivity index (χ3n) is 6.23. The minimum absolute atomic E-state index is 0.00856. The molecule has 220 valence electrons. The first kappa shape index (κ1) is 32.0. The van der Waals surface area contributed by atoms with Gasteiger partial charge in [-0.15, -0.1) is 0 Å². The number of carbonyl (C=O) groups is 2. The van der Waals surface area contributed by atoms with Crippen LogP contribution in [0.2, 0.25) is 5.02 Å². The number of ether oxygens (including phenoxy) is 1. The molecule has 0 spiro atoms. The summed E-state index contributed by atoms with van der Waals surface area (Å²) in [7, 11) is -4.17. The Morgan fingerprint density at radius 2 is 1.63 bits per heavy atom. The second-order valence-corrected chi connectivity index (χ2v) is 13.1. The molecule has 2 amide bonds. The summed E-state index contributed by atoms with van der Waals surface area (Å²) < 4.78 is 34.4. The second-order valence-electron chi connectivity index (χ2n) is 10.8. The van der Waals surface area contributed by atoms with E-state index in [4.69, 9.17) is 16.3 Å². The number of nitrogens with one attached hydrogen (secondary N) is 1. The van der Waals surface area contributed by atoms with E-state index in [0.29, 0.717) is 28.6 Å². The van der Waals surface area contributed by atoms with Crippen LogP contribution in [0.5, 0.6) is 5.75 Å². The van der Waals surface area contributed by atoms with E-state index in [1.807, 2.05) is 34.6 Å². The number of aryl methyl sites for hydroxylation is 1. The average molecular weight is 600 g/mol. The zero-order chi connectivity index (χ0) is 30.4. The van der Waals surface area contributed by atoms with Crippen molar-refractivity contribution in [2.75, 3.05) is 17.5 Å². The zero-order valence-corrected chi connectivity index (χ0v) is 25.9. The Kier molecular flexibility index (Phi) is 10.4. The zero-order valence-electron chi connectivity index (χ0n) is 24.3. The Morgan fingerprint density at radius 3 is 2.20 bits per heavy atom.